The minimum absolute atomic E-state index is 0.0492. The van der Waals surface area contributed by atoms with Crippen molar-refractivity contribution >= 4 is 23.6 Å². The molecule has 0 radical (unpaired) electrons. The van der Waals surface area contributed by atoms with E-state index in [9.17, 15) is 19.2 Å². The van der Waals surface area contributed by atoms with Crippen LogP contribution in [0.15, 0.2) is 5.11 Å². The van der Waals surface area contributed by atoms with Gasteiger partial charge < -0.3 is 14.8 Å². The van der Waals surface area contributed by atoms with Crippen LogP contribution < -0.4 is 5.32 Å². The van der Waals surface area contributed by atoms with Crippen molar-refractivity contribution in [2.45, 2.75) is 45.2 Å². The van der Waals surface area contributed by atoms with E-state index in [1.165, 1.54) is 13.8 Å². The van der Waals surface area contributed by atoms with Gasteiger partial charge in [0, 0.05) is 30.6 Å². The van der Waals surface area contributed by atoms with Crippen molar-refractivity contribution in [2.24, 2.45) is 11.0 Å². The Morgan fingerprint density at radius 3 is 2.21 bits per heavy atom. The van der Waals surface area contributed by atoms with Gasteiger partial charge in [0.25, 0.3) is 0 Å². The van der Waals surface area contributed by atoms with Gasteiger partial charge in [-0.1, -0.05) is 5.11 Å². The van der Waals surface area contributed by atoms with Crippen LogP contribution >= 0.6 is 0 Å². The number of hydrogen-bond donors (Lipinski definition) is 1. The first-order chi connectivity index (χ1) is 11.3. The second kappa shape index (κ2) is 8.30. The Balaban J connectivity index is 3.49. The molecule has 0 aromatic heterocycles. The van der Waals surface area contributed by atoms with E-state index >= 15 is 0 Å². The number of ether oxygens (including phenoxy) is 2. The van der Waals surface area contributed by atoms with E-state index in [0.29, 0.717) is 0 Å². The van der Waals surface area contributed by atoms with E-state index in [1.54, 1.807) is 0 Å². The average Bonchev–Trinajstić information content (AvgIpc) is 2.86. The Bertz CT molecular complexity index is 566. The number of hydrogen-bond acceptors (Lipinski definition) is 7. The van der Waals surface area contributed by atoms with Crippen molar-refractivity contribution in [3.8, 4) is 0 Å². The van der Waals surface area contributed by atoms with Crippen LogP contribution in [-0.2, 0) is 28.7 Å². The number of carbonyl (C=O) groups is 4. The normalized spacial score (nSPS) is 20.0. The largest absolute Gasteiger partial charge is 0.464 e. The SMILES string of the molecule is CCOC(=O)C(NC(C)=O)(C(=O)OCC)[C@H]1CC(=O)C[C@@H]1N=[N+]=[N-]. The first kappa shape index (κ1) is 19.4. The third-order valence-corrected chi connectivity index (χ3v) is 3.67. The predicted molar refractivity (Wildman–Crippen MR) is 80.5 cm³/mol. The van der Waals surface area contributed by atoms with Crippen LogP contribution in [0.25, 0.3) is 10.4 Å². The fraction of sp³-hybridized carbons (Fsp3) is 0.714. The summed E-state index contributed by atoms with van der Waals surface area (Å²) in [4.78, 5) is 51.3. The summed E-state index contributed by atoms with van der Waals surface area (Å²) in [6.07, 6.45) is -0.351. The summed E-state index contributed by atoms with van der Waals surface area (Å²) in [6, 6.07) is -0.969. The van der Waals surface area contributed by atoms with Crippen LogP contribution in [0.4, 0.5) is 0 Å². The third-order valence-electron chi connectivity index (χ3n) is 3.67. The number of nitrogens with one attached hydrogen (secondary N) is 1. The van der Waals surface area contributed by atoms with Crippen LogP contribution in [0, 0.1) is 5.92 Å². The number of ketones is 1. The average molecular weight is 340 g/mol. The molecule has 1 fully saturated rings. The number of esters is 2. The van der Waals surface area contributed by atoms with Gasteiger partial charge in [0.05, 0.1) is 19.3 Å². The lowest BCUT2D eigenvalue weighted by Crippen LogP contribution is -2.66. The molecule has 24 heavy (non-hydrogen) atoms. The molecule has 0 bridgehead atoms. The first-order valence-corrected chi connectivity index (χ1v) is 7.52. The van der Waals surface area contributed by atoms with Gasteiger partial charge >= 0.3 is 11.9 Å². The summed E-state index contributed by atoms with van der Waals surface area (Å²) in [5.74, 6) is -4.15. The van der Waals surface area contributed by atoms with Crippen molar-refractivity contribution in [3.05, 3.63) is 10.4 Å². The predicted octanol–water partition coefficient (Wildman–Crippen LogP) is 0.645. The summed E-state index contributed by atoms with van der Waals surface area (Å²) in [5.41, 5.74) is 6.46. The van der Waals surface area contributed by atoms with E-state index in [0.717, 1.165) is 6.92 Å². The second-order valence-corrected chi connectivity index (χ2v) is 5.26. The molecule has 1 aliphatic carbocycles. The second-order valence-electron chi connectivity index (χ2n) is 5.26. The van der Waals surface area contributed by atoms with Crippen molar-refractivity contribution in [1.82, 2.24) is 5.32 Å². The van der Waals surface area contributed by atoms with Crippen LogP contribution in [-0.4, -0.2) is 48.4 Å². The lowest BCUT2D eigenvalue weighted by Gasteiger charge is -2.36. The van der Waals surface area contributed by atoms with Crippen LogP contribution in [0.5, 0.6) is 0 Å². The first-order valence-electron chi connectivity index (χ1n) is 7.52. The van der Waals surface area contributed by atoms with Gasteiger partial charge in [0.1, 0.15) is 5.78 Å². The highest BCUT2D eigenvalue weighted by molar-refractivity contribution is 6.09. The van der Waals surface area contributed by atoms with Gasteiger partial charge in [-0.05, 0) is 19.4 Å². The smallest absolute Gasteiger partial charge is 0.344 e. The molecule has 10 heteroatoms. The van der Waals surface area contributed by atoms with Crippen LogP contribution in [0.1, 0.15) is 33.6 Å². The lowest BCUT2D eigenvalue weighted by molar-refractivity contribution is -0.172. The molecule has 1 rings (SSSR count). The molecule has 1 saturated carbocycles. The van der Waals surface area contributed by atoms with E-state index in [-0.39, 0.29) is 31.8 Å². The molecule has 10 nitrogen and oxygen atoms in total. The molecule has 0 aromatic carbocycles. The summed E-state index contributed by atoms with van der Waals surface area (Å²) in [6.45, 7) is 4.09. The fourth-order valence-corrected chi connectivity index (χ4v) is 2.82. The van der Waals surface area contributed by atoms with Gasteiger partial charge in [-0.2, -0.15) is 0 Å². The zero-order valence-corrected chi connectivity index (χ0v) is 13.8. The Morgan fingerprint density at radius 1 is 1.25 bits per heavy atom. The number of Topliss-reactive ketones (excluding diaryl/α,β-unsaturated/α-hetero) is 1. The Hall–Kier alpha value is -2.61. The Labute approximate surface area is 138 Å². The zero-order valence-electron chi connectivity index (χ0n) is 13.8. The topological polar surface area (TPSA) is 148 Å². The van der Waals surface area contributed by atoms with Crippen molar-refractivity contribution in [2.75, 3.05) is 13.2 Å². The van der Waals surface area contributed by atoms with Gasteiger partial charge in [-0.25, -0.2) is 9.59 Å². The maximum absolute atomic E-state index is 12.6. The zero-order chi connectivity index (χ0) is 18.3. The van der Waals surface area contributed by atoms with Crippen LogP contribution in [0.2, 0.25) is 0 Å². The molecule has 1 amide bonds. The number of amides is 1. The van der Waals surface area contributed by atoms with Crippen molar-refractivity contribution in [1.29, 1.82) is 0 Å². The molecule has 0 aromatic rings. The molecule has 0 aliphatic heterocycles. The van der Waals surface area contributed by atoms with E-state index < -0.39 is 35.3 Å². The highest BCUT2D eigenvalue weighted by Crippen LogP contribution is 2.37. The van der Waals surface area contributed by atoms with E-state index in [1.807, 2.05) is 0 Å². The van der Waals surface area contributed by atoms with Gasteiger partial charge in [-0.3, -0.25) is 9.59 Å². The van der Waals surface area contributed by atoms with E-state index in [2.05, 4.69) is 15.3 Å². The number of rotatable bonds is 7. The van der Waals surface area contributed by atoms with Gasteiger partial charge in [0.2, 0.25) is 11.4 Å². The van der Waals surface area contributed by atoms with Gasteiger partial charge in [0.15, 0.2) is 0 Å². The summed E-state index contributed by atoms with van der Waals surface area (Å²) < 4.78 is 9.90. The highest BCUT2D eigenvalue weighted by atomic mass is 16.6. The molecular formula is C14H20N4O6. The molecule has 2 atom stereocenters. The molecule has 1 aliphatic rings. The molecule has 0 spiro atoms. The van der Waals surface area contributed by atoms with Crippen molar-refractivity contribution < 1.29 is 28.7 Å². The number of nitrogens with zero attached hydrogens (tertiary/aromatic N) is 3. The van der Waals surface area contributed by atoms with Gasteiger partial charge in [-0.15, -0.1) is 0 Å². The maximum atomic E-state index is 12.6. The number of carbonyl (C=O) groups excluding carboxylic acids is 4. The van der Waals surface area contributed by atoms with Crippen LogP contribution in [0.3, 0.4) is 0 Å². The third kappa shape index (κ3) is 3.83. The monoisotopic (exact) mass is 340 g/mol. The molecule has 0 saturated heterocycles. The van der Waals surface area contributed by atoms with E-state index in [4.69, 9.17) is 15.0 Å². The number of azide groups is 1. The highest BCUT2D eigenvalue weighted by Gasteiger charge is 2.60. The maximum Gasteiger partial charge on any atom is 0.344 e. The molecule has 0 unspecified atom stereocenters. The van der Waals surface area contributed by atoms with Crippen molar-refractivity contribution in [3.63, 3.8) is 0 Å². The standard InChI is InChI=1S/C14H20N4O6/c1-4-23-12(21)14(16-8(3)19,13(22)24-5-2)10-6-9(20)7-11(10)17-18-15/h10-11H,4-7H2,1-3H3,(H,16,19)/t10-,11-/m0/s1. The lowest BCUT2D eigenvalue weighted by atomic mass is 9.80. The summed E-state index contributed by atoms with van der Waals surface area (Å²) >= 11 is 0. The summed E-state index contributed by atoms with van der Waals surface area (Å²) in [5, 5.41) is 5.80. The minimum Gasteiger partial charge on any atom is -0.464 e. The molecule has 0 heterocycles. The summed E-state index contributed by atoms with van der Waals surface area (Å²) in [7, 11) is 0. The minimum atomic E-state index is -2.23. The quantitative estimate of drug-likeness (QED) is 0.236. The molecule has 1 N–H and O–H groups in total. The Kier molecular flexibility index (Phi) is 6.72. The molecular weight excluding hydrogens is 320 g/mol. The fourth-order valence-electron chi connectivity index (χ4n) is 2.82. The Morgan fingerprint density at radius 2 is 1.79 bits per heavy atom. The molecule has 132 valence electrons.